The molecular weight excluding hydrogens is 278 g/mol. The van der Waals surface area contributed by atoms with Crippen LogP contribution in [0.3, 0.4) is 0 Å². The maximum absolute atomic E-state index is 11.9. The number of amides is 1. The molecule has 5 heteroatoms. The molecule has 0 heterocycles. The van der Waals surface area contributed by atoms with Crippen LogP contribution >= 0.6 is 0 Å². The molecule has 0 bridgehead atoms. The van der Waals surface area contributed by atoms with Crippen molar-refractivity contribution in [1.29, 1.82) is 0 Å². The molecule has 1 rings (SSSR count). The third kappa shape index (κ3) is 5.66. The van der Waals surface area contributed by atoms with Crippen LogP contribution in [0.2, 0.25) is 0 Å². The van der Waals surface area contributed by atoms with E-state index in [1.807, 2.05) is 25.2 Å². The molecule has 1 unspecified atom stereocenters. The normalized spacial score (nSPS) is 12.2. The van der Waals surface area contributed by atoms with E-state index in [0.29, 0.717) is 19.5 Å². The molecule has 0 aromatic heterocycles. The van der Waals surface area contributed by atoms with Crippen LogP contribution in [0.5, 0.6) is 5.75 Å². The molecule has 1 aromatic rings. The molecular formula is C17H29N3O2. The average molecular weight is 307 g/mol. The molecule has 124 valence electrons. The van der Waals surface area contributed by atoms with Gasteiger partial charge in [0.05, 0.1) is 13.2 Å². The second-order valence-corrected chi connectivity index (χ2v) is 5.17. The zero-order valence-corrected chi connectivity index (χ0v) is 14.2. The lowest BCUT2D eigenvalue weighted by molar-refractivity contribution is -0.121. The van der Waals surface area contributed by atoms with E-state index >= 15 is 0 Å². The molecule has 0 aliphatic heterocycles. The minimum atomic E-state index is 0.0782. The Labute approximate surface area is 134 Å². The molecule has 1 amide bonds. The van der Waals surface area contributed by atoms with Crippen molar-refractivity contribution in [2.24, 2.45) is 0 Å². The summed E-state index contributed by atoms with van der Waals surface area (Å²) in [6.07, 6.45) is 0.500. The van der Waals surface area contributed by atoms with Crippen LogP contribution in [-0.4, -0.2) is 51.1 Å². The van der Waals surface area contributed by atoms with Gasteiger partial charge in [0.15, 0.2) is 0 Å². The number of hydrogen-bond donors (Lipinski definition) is 2. The summed E-state index contributed by atoms with van der Waals surface area (Å²) in [5.74, 6) is 0.922. The predicted octanol–water partition coefficient (Wildman–Crippen LogP) is 1.80. The molecule has 1 atom stereocenters. The number of carbonyl (C=O) groups excluding carboxylic acids is 1. The quantitative estimate of drug-likeness (QED) is 0.692. The van der Waals surface area contributed by atoms with Crippen molar-refractivity contribution in [3.8, 4) is 5.75 Å². The van der Waals surface area contributed by atoms with Crippen molar-refractivity contribution < 1.29 is 9.53 Å². The molecule has 0 radical (unpaired) electrons. The monoisotopic (exact) mass is 307 g/mol. The first-order valence-corrected chi connectivity index (χ1v) is 7.95. The van der Waals surface area contributed by atoms with Crippen molar-refractivity contribution in [2.75, 3.05) is 40.3 Å². The number of rotatable bonds is 10. The van der Waals surface area contributed by atoms with E-state index in [1.54, 1.807) is 7.11 Å². The van der Waals surface area contributed by atoms with Gasteiger partial charge in [-0.05, 0) is 37.8 Å². The number of benzene rings is 1. The number of hydrogen-bond acceptors (Lipinski definition) is 4. The number of nitrogens with zero attached hydrogens (tertiary/aromatic N) is 1. The van der Waals surface area contributed by atoms with Gasteiger partial charge in [-0.25, -0.2) is 0 Å². The Kier molecular flexibility index (Phi) is 8.55. The van der Waals surface area contributed by atoms with Crippen LogP contribution in [0.4, 0.5) is 0 Å². The SMILES string of the molecule is CCN(CC)C(CNC(=O)CCNC)c1cccc(OC)c1. The topological polar surface area (TPSA) is 53.6 Å². The second-order valence-electron chi connectivity index (χ2n) is 5.17. The summed E-state index contributed by atoms with van der Waals surface area (Å²) in [6, 6.07) is 8.22. The van der Waals surface area contributed by atoms with E-state index in [2.05, 4.69) is 35.4 Å². The summed E-state index contributed by atoms with van der Waals surface area (Å²) in [5.41, 5.74) is 1.16. The zero-order chi connectivity index (χ0) is 16.4. The van der Waals surface area contributed by atoms with Gasteiger partial charge < -0.3 is 15.4 Å². The summed E-state index contributed by atoms with van der Waals surface area (Å²) in [4.78, 5) is 14.2. The number of nitrogens with one attached hydrogen (secondary N) is 2. The fourth-order valence-electron chi connectivity index (χ4n) is 2.51. The van der Waals surface area contributed by atoms with Crippen LogP contribution in [-0.2, 0) is 4.79 Å². The van der Waals surface area contributed by atoms with Crippen molar-refractivity contribution >= 4 is 5.91 Å². The van der Waals surface area contributed by atoms with E-state index in [0.717, 1.165) is 24.4 Å². The van der Waals surface area contributed by atoms with E-state index in [9.17, 15) is 4.79 Å². The van der Waals surface area contributed by atoms with Crippen LogP contribution in [0.1, 0.15) is 31.9 Å². The maximum Gasteiger partial charge on any atom is 0.221 e. The molecule has 0 aliphatic carbocycles. The molecule has 0 fully saturated rings. The lowest BCUT2D eigenvalue weighted by atomic mass is 10.0. The van der Waals surface area contributed by atoms with Crippen molar-refractivity contribution in [2.45, 2.75) is 26.3 Å². The predicted molar refractivity (Wildman–Crippen MR) is 90.2 cm³/mol. The third-order valence-electron chi connectivity index (χ3n) is 3.83. The first-order chi connectivity index (χ1) is 10.7. The number of carbonyl (C=O) groups is 1. The molecule has 1 aromatic carbocycles. The fraction of sp³-hybridized carbons (Fsp3) is 0.588. The standard InChI is InChI=1S/C17H29N3O2/c1-5-20(6-2)16(13-19-17(21)10-11-18-3)14-8-7-9-15(12-14)22-4/h7-9,12,16,18H,5-6,10-11,13H2,1-4H3,(H,19,21). The van der Waals surface area contributed by atoms with Gasteiger partial charge >= 0.3 is 0 Å². The van der Waals surface area contributed by atoms with E-state index < -0.39 is 0 Å². The Morgan fingerprint density at radius 2 is 2.05 bits per heavy atom. The minimum Gasteiger partial charge on any atom is -0.497 e. The highest BCUT2D eigenvalue weighted by molar-refractivity contribution is 5.76. The Balaban J connectivity index is 2.81. The highest BCUT2D eigenvalue weighted by atomic mass is 16.5. The number of likely N-dealkylation sites (N-methyl/N-ethyl adjacent to an activating group) is 1. The van der Waals surface area contributed by atoms with Crippen molar-refractivity contribution in [3.05, 3.63) is 29.8 Å². The van der Waals surface area contributed by atoms with Gasteiger partial charge in [-0.2, -0.15) is 0 Å². The van der Waals surface area contributed by atoms with E-state index in [4.69, 9.17) is 4.74 Å². The lowest BCUT2D eigenvalue weighted by Crippen LogP contribution is -2.38. The molecule has 22 heavy (non-hydrogen) atoms. The summed E-state index contributed by atoms with van der Waals surface area (Å²) < 4.78 is 5.32. The van der Waals surface area contributed by atoms with Gasteiger partial charge in [0.2, 0.25) is 5.91 Å². The molecule has 2 N–H and O–H groups in total. The van der Waals surface area contributed by atoms with E-state index in [-0.39, 0.29) is 11.9 Å². The van der Waals surface area contributed by atoms with Gasteiger partial charge in [0, 0.05) is 19.5 Å². The minimum absolute atomic E-state index is 0.0782. The Morgan fingerprint density at radius 3 is 2.64 bits per heavy atom. The largest absolute Gasteiger partial charge is 0.497 e. The van der Waals surface area contributed by atoms with Gasteiger partial charge in [-0.1, -0.05) is 26.0 Å². The Hall–Kier alpha value is -1.59. The Bertz CT molecular complexity index is 447. The summed E-state index contributed by atoms with van der Waals surface area (Å²) in [7, 11) is 3.52. The zero-order valence-electron chi connectivity index (χ0n) is 14.2. The van der Waals surface area contributed by atoms with Crippen molar-refractivity contribution in [1.82, 2.24) is 15.5 Å². The molecule has 0 saturated heterocycles. The first-order valence-electron chi connectivity index (χ1n) is 7.95. The summed E-state index contributed by atoms with van der Waals surface area (Å²) in [5, 5.41) is 6.03. The Morgan fingerprint density at radius 1 is 1.32 bits per heavy atom. The van der Waals surface area contributed by atoms with Gasteiger partial charge in [0.1, 0.15) is 5.75 Å². The summed E-state index contributed by atoms with van der Waals surface area (Å²) in [6.45, 7) is 7.45. The van der Waals surface area contributed by atoms with Crippen molar-refractivity contribution in [3.63, 3.8) is 0 Å². The summed E-state index contributed by atoms with van der Waals surface area (Å²) >= 11 is 0. The second kappa shape index (κ2) is 10.2. The lowest BCUT2D eigenvalue weighted by Gasteiger charge is -2.30. The number of methoxy groups -OCH3 is 1. The van der Waals surface area contributed by atoms with Crippen LogP contribution in [0.25, 0.3) is 0 Å². The van der Waals surface area contributed by atoms with Gasteiger partial charge in [-0.3, -0.25) is 9.69 Å². The van der Waals surface area contributed by atoms with Gasteiger partial charge in [0.25, 0.3) is 0 Å². The first kappa shape index (κ1) is 18.5. The molecule has 0 saturated carbocycles. The smallest absolute Gasteiger partial charge is 0.221 e. The van der Waals surface area contributed by atoms with Gasteiger partial charge in [-0.15, -0.1) is 0 Å². The average Bonchev–Trinajstić information content (AvgIpc) is 2.56. The molecule has 0 spiro atoms. The maximum atomic E-state index is 11.9. The van der Waals surface area contributed by atoms with Crippen LogP contribution < -0.4 is 15.4 Å². The molecule has 5 nitrogen and oxygen atoms in total. The van der Waals surface area contributed by atoms with E-state index in [1.165, 1.54) is 0 Å². The fourth-order valence-corrected chi connectivity index (χ4v) is 2.51. The third-order valence-corrected chi connectivity index (χ3v) is 3.83. The highest BCUT2D eigenvalue weighted by Crippen LogP contribution is 2.23. The van der Waals surface area contributed by atoms with Crippen LogP contribution in [0, 0.1) is 0 Å². The van der Waals surface area contributed by atoms with Crippen LogP contribution in [0.15, 0.2) is 24.3 Å². The highest BCUT2D eigenvalue weighted by Gasteiger charge is 2.19. The molecule has 0 aliphatic rings. The number of ether oxygens (including phenoxy) is 1.